The van der Waals surface area contributed by atoms with Crippen LogP contribution >= 0.6 is 22.9 Å². The molecule has 0 aliphatic heterocycles. The zero-order chi connectivity index (χ0) is 9.42. The maximum absolute atomic E-state index is 9.72. The Morgan fingerprint density at radius 3 is 3.00 bits per heavy atom. The number of aromatic hydroxyl groups is 1. The lowest BCUT2D eigenvalue weighted by molar-refractivity contribution is 0.377. The van der Waals surface area contributed by atoms with Gasteiger partial charge in [-0.1, -0.05) is 11.6 Å². The van der Waals surface area contributed by atoms with Gasteiger partial charge in [0.1, 0.15) is 0 Å². The third-order valence-corrected chi connectivity index (χ3v) is 2.99. The first-order valence-corrected chi connectivity index (χ1v) is 4.92. The number of benzene rings is 1. The van der Waals surface area contributed by atoms with Crippen molar-refractivity contribution in [3.63, 3.8) is 0 Å². The minimum absolute atomic E-state index is 0.117. The average molecular weight is 215 g/mol. The third kappa shape index (κ3) is 1.24. The van der Waals surface area contributed by atoms with Crippen LogP contribution in [0.3, 0.4) is 0 Å². The molecule has 0 spiro atoms. The van der Waals surface area contributed by atoms with Gasteiger partial charge in [0.25, 0.3) is 0 Å². The Morgan fingerprint density at radius 2 is 2.31 bits per heavy atom. The van der Waals surface area contributed by atoms with Crippen LogP contribution in [-0.2, 0) is 0 Å². The number of rotatable bonds is 1. The van der Waals surface area contributed by atoms with E-state index in [-0.39, 0.29) is 5.75 Å². The van der Waals surface area contributed by atoms with Gasteiger partial charge >= 0.3 is 0 Å². The lowest BCUT2D eigenvalue weighted by Crippen LogP contribution is -1.84. The Kier molecular flexibility index (Phi) is 2.06. The van der Waals surface area contributed by atoms with Crippen molar-refractivity contribution >= 4 is 33.0 Å². The first-order chi connectivity index (χ1) is 6.24. The molecule has 2 aromatic rings. The molecule has 0 aliphatic carbocycles. The van der Waals surface area contributed by atoms with Gasteiger partial charge in [0.15, 0.2) is 11.5 Å². The van der Waals surface area contributed by atoms with Gasteiger partial charge in [-0.05, 0) is 17.5 Å². The second-order valence-electron chi connectivity index (χ2n) is 2.57. The fourth-order valence-corrected chi connectivity index (χ4v) is 2.41. The van der Waals surface area contributed by atoms with Crippen LogP contribution < -0.4 is 4.74 Å². The molecule has 2 nitrogen and oxygen atoms in total. The highest BCUT2D eigenvalue weighted by Gasteiger charge is 2.12. The van der Waals surface area contributed by atoms with Gasteiger partial charge in [0.05, 0.1) is 12.1 Å². The van der Waals surface area contributed by atoms with E-state index in [2.05, 4.69) is 0 Å². The van der Waals surface area contributed by atoms with Crippen molar-refractivity contribution in [3.8, 4) is 11.5 Å². The highest BCUT2D eigenvalue weighted by atomic mass is 35.5. The van der Waals surface area contributed by atoms with Gasteiger partial charge < -0.3 is 9.84 Å². The molecular weight excluding hydrogens is 208 g/mol. The van der Waals surface area contributed by atoms with Crippen molar-refractivity contribution in [1.82, 2.24) is 0 Å². The van der Waals surface area contributed by atoms with Crippen LogP contribution in [0.15, 0.2) is 17.5 Å². The molecule has 1 aromatic heterocycles. The van der Waals surface area contributed by atoms with Crippen molar-refractivity contribution in [1.29, 1.82) is 0 Å². The number of phenols is 1. The summed E-state index contributed by atoms with van der Waals surface area (Å²) in [6.07, 6.45) is 0. The number of fused-ring (bicyclic) bond motifs is 1. The van der Waals surface area contributed by atoms with E-state index in [0.717, 1.165) is 10.1 Å². The van der Waals surface area contributed by atoms with Crippen LogP contribution in [0.5, 0.6) is 11.5 Å². The fourth-order valence-electron chi connectivity index (χ4n) is 1.24. The van der Waals surface area contributed by atoms with E-state index in [4.69, 9.17) is 16.3 Å². The standard InChI is InChI=1S/C9H7ClO2S/c1-12-9-6(10)4-7-5(8(9)11)2-3-13-7/h2-4,11H,1H3. The molecule has 0 atom stereocenters. The van der Waals surface area contributed by atoms with Crippen molar-refractivity contribution in [3.05, 3.63) is 22.5 Å². The van der Waals surface area contributed by atoms with Crippen LogP contribution in [0.2, 0.25) is 5.02 Å². The van der Waals surface area contributed by atoms with E-state index in [1.165, 1.54) is 18.4 Å². The molecule has 0 unspecified atom stereocenters. The first-order valence-electron chi connectivity index (χ1n) is 3.66. The molecule has 0 amide bonds. The Bertz CT molecular complexity index is 450. The SMILES string of the molecule is COc1c(Cl)cc2sccc2c1O. The van der Waals surface area contributed by atoms with E-state index in [9.17, 15) is 5.11 Å². The van der Waals surface area contributed by atoms with Gasteiger partial charge in [-0.15, -0.1) is 11.3 Å². The van der Waals surface area contributed by atoms with E-state index in [0.29, 0.717) is 10.8 Å². The van der Waals surface area contributed by atoms with Gasteiger partial charge in [-0.25, -0.2) is 0 Å². The molecule has 1 heterocycles. The number of hydrogen-bond donors (Lipinski definition) is 1. The van der Waals surface area contributed by atoms with E-state index in [1.54, 1.807) is 6.07 Å². The number of ether oxygens (including phenoxy) is 1. The highest BCUT2D eigenvalue weighted by molar-refractivity contribution is 7.17. The maximum Gasteiger partial charge on any atom is 0.179 e. The number of halogens is 1. The Morgan fingerprint density at radius 1 is 1.54 bits per heavy atom. The second-order valence-corrected chi connectivity index (χ2v) is 3.93. The van der Waals surface area contributed by atoms with Gasteiger partial charge in [0, 0.05) is 10.1 Å². The largest absolute Gasteiger partial charge is 0.504 e. The molecule has 13 heavy (non-hydrogen) atoms. The van der Waals surface area contributed by atoms with Gasteiger partial charge in [-0.3, -0.25) is 0 Å². The van der Waals surface area contributed by atoms with Crippen molar-refractivity contribution in [2.75, 3.05) is 7.11 Å². The highest BCUT2D eigenvalue weighted by Crippen LogP contribution is 2.42. The van der Waals surface area contributed by atoms with Crippen LogP contribution in [-0.4, -0.2) is 12.2 Å². The van der Waals surface area contributed by atoms with Gasteiger partial charge in [-0.2, -0.15) is 0 Å². The van der Waals surface area contributed by atoms with Crippen LogP contribution in [0.4, 0.5) is 0 Å². The van der Waals surface area contributed by atoms with E-state index >= 15 is 0 Å². The molecule has 0 radical (unpaired) electrons. The lowest BCUT2D eigenvalue weighted by atomic mass is 10.2. The smallest absolute Gasteiger partial charge is 0.179 e. The Balaban J connectivity index is 2.85. The Labute approximate surface area is 84.3 Å². The number of hydrogen-bond acceptors (Lipinski definition) is 3. The summed E-state index contributed by atoms with van der Waals surface area (Å²) in [5.74, 6) is 0.457. The topological polar surface area (TPSA) is 29.5 Å². The van der Waals surface area contributed by atoms with E-state index < -0.39 is 0 Å². The molecule has 0 saturated heterocycles. The average Bonchev–Trinajstić information content (AvgIpc) is 2.53. The summed E-state index contributed by atoms with van der Waals surface area (Å²) in [6.45, 7) is 0. The molecule has 1 N–H and O–H groups in total. The fraction of sp³-hybridized carbons (Fsp3) is 0.111. The zero-order valence-electron chi connectivity index (χ0n) is 6.87. The monoisotopic (exact) mass is 214 g/mol. The van der Waals surface area contributed by atoms with E-state index in [1.807, 2.05) is 11.4 Å². The van der Waals surface area contributed by atoms with Crippen LogP contribution in [0, 0.1) is 0 Å². The second kappa shape index (κ2) is 3.09. The summed E-state index contributed by atoms with van der Waals surface area (Å²) >= 11 is 7.42. The number of thiophene rings is 1. The molecule has 1 aromatic carbocycles. The summed E-state index contributed by atoms with van der Waals surface area (Å²) in [7, 11) is 1.49. The molecule has 0 aliphatic rings. The zero-order valence-corrected chi connectivity index (χ0v) is 8.45. The quantitative estimate of drug-likeness (QED) is 0.790. The normalized spacial score (nSPS) is 10.6. The summed E-state index contributed by atoms with van der Waals surface area (Å²) in [5.41, 5.74) is 0. The Hall–Kier alpha value is -0.930. The molecule has 0 bridgehead atoms. The molecule has 0 saturated carbocycles. The minimum Gasteiger partial charge on any atom is -0.504 e. The third-order valence-electron chi connectivity index (χ3n) is 1.84. The summed E-state index contributed by atoms with van der Waals surface area (Å²) in [5, 5.41) is 12.8. The summed E-state index contributed by atoms with van der Waals surface area (Å²) < 4.78 is 5.94. The maximum atomic E-state index is 9.72. The van der Waals surface area contributed by atoms with Crippen molar-refractivity contribution < 1.29 is 9.84 Å². The molecule has 2 rings (SSSR count). The molecule has 68 valence electrons. The predicted molar refractivity (Wildman–Crippen MR) is 55.1 cm³/mol. The number of phenolic OH excluding ortho intramolecular Hbond substituents is 1. The predicted octanol–water partition coefficient (Wildman–Crippen LogP) is 3.27. The lowest BCUT2D eigenvalue weighted by Gasteiger charge is -2.05. The summed E-state index contributed by atoms with van der Waals surface area (Å²) in [4.78, 5) is 0. The molecule has 0 fully saturated rings. The van der Waals surface area contributed by atoms with Crippen LogP contribution in [0.25, 0.3) is 10.1 Å². The van der Waals surface area contributed by atoms with Crippen LogP contribution in [0.1, 0.15) is 0 Å². The van der Waals surface area contributed by atoms with Crippen molar-refractivity contribution in [2.24, 2.45) is 0 Å². The van der Waals surface area contributed by atoms with Crippen molar-refractivity contribution in [2.45, 2.75) is 0 Å². The summed E-state index contributed by atoms with van der Waals surface area (Å²) in [6, 6.07) is 3.63. The molecular formula is C9H7ClO2S. The molecule has 4 heteroatoms. The number of methoxy groups -OCH3 is 1. The minimum atomic E-state index is 0.117. The van der Waals surface area contributed by atoms with Gasteiger partial charge in [0.2, 0.25) is 0 Å². The first kappa shape index (κ1) is 8.66.